The molecule has 0 saturated heterocycles. The molecule has 1 heterocycles. The van der Waals surface area contributed by atoms with Crippen LogP contribution in [0.25, 0.3) is 0 Å². The Balaban J connectivity index is 0.00000289. The summed E-state index contributed by atoms with van der Waals surface area (Å²) in [5.41, 5.74) is 0.504. The molecule has 0 atom stereocenters. The van der Waals surface area contributed by atoms with Crippen LogP contribution in [0.1, 0.15) is 21.9 Å². The third kappa shape index (κ3) is 4.68. The zero-order chi connectivity index (χ0) is 12.8. The second kappa shape index (κ2) is 8.13. The molecule has 6 heteroatoms. The van der Waals surface area contributed by atoms with Gasteiger partial charge in [0.1, 0.15) is 17.1 Å². The van der Waals surface area contributed by atoms with Crippen molar-refractivity contribution in [1.29, 1.82) is 0 Å². The number of ether oxygens (including phenoxy) is 1. The summed E-state index contributed by atoms with van der Waals surface area (Å²) in [4.78, 5) is 13.5. The lowest BCUT2D eigenvalue weighted by Gasteiger charge is -2.14. The molecule has 0 unspecified atom stereocenters. The minimum atomic E-state index is -0.352. The van der Waals surface area contributed by atoms with E-state index in [0.717, 1.165) is 18.8 Å². The normalized spacial score (nSPS) is 10.3. The van der Waals surface area contributed by atoms with E-state index in [9.17, 15) is 4.79 Å². The van der Waals surface area contributed by atoms with Gasteiger partial charge in [-0.05, 0) is 27.1 Å². The monoisotopic (exact) mass is 276 g/mol. The average molecular weight is 277 g/mol. The molecule has 0 amide bonds. The van der Waals surface area contributed by atoms with Crippen molar-refractivity contribution in [1.82, 2.24) is 10.2 Å². The average Bonchev–Trinajstić information content (AvgIpc) is 2.66. The molecule has 1 aromatic rings. The number of aryl methyl sites for hydroxylation is 1. The van der Waals surface area contributed by atoms with Crippen molar-refractivity contribution in [2.75, 3.05) is 34.3 Å². The number of esters is 1. The largest absolute Gasteiger partial charge is 0.465 e. The maximum absolute atomic E-state index is 11.4. The molecule has 0 aliphatic rings. The first-order valence-corrected chi connectivity index (χ1v) is 5.59. The lowest BCUT2D eigenvalue weighted by Crippen LogP contribution is -2.26. The fourth-order valence-corrected chi connectivity index (χ4v) is 1.58. The summed E-state index contributed by atoms with van der Waals surface area (Å²) in [5.74, 6) is 1.03. The molecule has 1 aromatic heterocycles. The molecule has 1 N–H and O–H groups in total. The van der Waals surface area contributed by atoms with Crippen LogP contribution < -0.4 is 5.32 Å². The van der Waals surface area contributed by atoms with Gasteiger partial charge in [-0.3, -0.25) is 4.90 Å². The highest BCUT2D eigenvalue weighted by atomic mass is 35.5. The molecule has 0 spiro atoms. The Kier molecular flexibility index (Phi) is 7.66. The lowest BCUT2D eigenvalue weighted by atomic mass is 10.2. The Hall–Kier alpha value is -1.04. The van der Waals surface area contributed by atoms with E-state index in [-0.39, 0.29) is 18.4 Å². The van der Waals surface area contributed by atoms with Crippen LogP contribution in [0.5, 0.6) is 0 Å². The number of methoxy groups -OCH3 is 1. The zero-order valence-corrected chi connectivity index (χ0v) is 12.1. The molecule has 0 aliphatic heterocycles. The fourth-order valence-electron chi connectivity index (χ4n) is 1.58. The molecular weight excluding hydrogens is 256 g/mol. The number of likely N-dealkylation sites (N-methyl/N-ethyl adjacent to an activating group) is 2. The molecule has 18 heavy (non-hydrogen) atoms. The first-order valence-electron chi connectivity index (χ1n) is 5.59. The topological polar surface area (TPSA) is 54.7 Å². The second-order valence-electron chi connectivity index (χ2n) is 4.02. The van der Waals surface area contributed by atoms with Crippen LogP contribution in [0, 0.1) is 6.92 Å². The van der Waals surface area contributed by atoms with E-state index in [2.05, 4.69) is 15.0 Å². The van der Waals surface area contributed by atoms with Gasteiger partial charge >= 0.3 is 5.97 Å². The van der Waals surface area contributed by atoms with E-state index in [4.69, 9.17) is 4.42 Å². The molecule has 0 aromatic carbocycles. The third-order valence-electron chi connectivity index (χ3n) is 2.54. The summed E-state index contributed by atoms with van der Waals surface area (Å²) in [5, 5.41) is 3.08. The van der Waals surface area contributed by atoms with Gasteiger partial charge in [0, 0.05) is 13.1 Å². The van der Waals surface area contributed by atoms with Gasteiger partial charge in [0.25, 0.3) is 0 Å². The van der Waals surface area contributed by atoms with Gasteiger partial charge in [0.2, 0.25) is 0 Å². The van der Waals surface area contributed by atoms with Crippen molar-refractivity contribution in [3.8, 4) is 0 Å². The number of halogens is 1. The van der Waals surface area contributed by atoms with Crippen molar-refractivity contribution >= 4 is 18.4 Å². The highest BCUT2D eigenvalue weighted by Crippen LogP contribution is 2.16. The van der Waals surface area contributed by atoms with E-state index in [0.29, 0.717) is 17.9 Å². The maximum atomic E-state index is 11.4. The summed E-state index contributed by atoms with van der Waals surface area (Å²) >= 11 is 0. The smallest absolute Gasteiger partial charge is 0.341 e. The summed E-state index contributed by atoms with van der Waals surface area (Å²) in [7, 11) is 5.29. The number of furan rings is 1. The SMILES string of the molecule is CNCCN(C)Cc1cc(C(=O)OC)c(C)o1.Cl. The fraction of sp³-hybridized carbons (Fsp3) is 0.583. The molecule has 0 radical (unpaired) electrons. The number of hydrogen-bond donors (Lipinski definition) is 1. The summed E-state index contributed by atoms with van der Waals surface area (Å²) in [6.07, 6.45) is 0. The number of rotatable bonds is 6. The standard InChI is InChI=1S/C12H20N2O3.ClH/c1-9-11(12(15)16-4)7-10(17-9)8-14(3)6-5-13-2;/h7,13H,5-6,8H2,1-4H3;1H. The molecule has 0 bridgehead atoms. The first-order chi connectivity index (χ1) is 8.08. The van der Waals surface area contributed by atoms with Gasteiger partial charge < -0.3 is 14.5 Å². The quantitative estimate of drug-likeness (QED) is 0.797. The Morgan fingerprint density at radius 3 is 2.78 bits per heavy atom. The van der Waals surface area contributed by atoms with E-state index in [1.165, 1.54) is 7.11 Å². The molecule has 1 rings (SSSR count). The van der Waals surface area contributed by atoms with Gasteiger partial charge in [0.15, 0.2) is 0 Å². The minimum absolute atomic E-state index is 0. The molecular formula is C12H21ClN2O3. The second-order valence-corrected chi connectivity index (χ2v) is 4.02. The number of nitrogens with one attached hydrogen (secondary N) is 1. The van der Waals surface area contributed by atoms with Crippen molar-refractivity contribution in [2.45, 2.75) is 13.5 Å². The van der Waals surface area contributed by atoms with Crippen molar-refractivity contribution in [3.05, 3.63) is 23.2 Å². The van der Waals surface area contributed by atoms with Crippen LogP contribution in [-0.4, -0.2) is 45.2 Å². The Bertz CT molecular complexity index is 379. The lowest BCUT2D eigenvalue weighted by molar-refractivity contribution is 0.0599. The van der Waals surface area contributed by atoms with E-state index < -0.39 is 0 Å². The number of hydrogen-bond acceptors (Lipinski definition) is 5. The zero-order valence-electron chi connectivity index (χ0n) is 11.3. The third-order valence-corrected chi connectivity index (χ3v) is 2.54. The Labute approximate surface area is 114 Å². The van der Waals surface area contributed by atoms with Crippen LogP contribution >= 0.6 is 12.4 Å². The molecule has 104 valence electrons. The van der Waals surface area contributed by atoms with Crippen LogP contribution in [0.4, 0.5) is 0 Å². The Morgan fingerprint density at radius 1 is 1.56 bits per heavy atom. The van der Waals surface area contributed by atoms with Gasteiger partial charge in [-0.2, -0.15) is 0 Å². The number of nitrogens with zero attached hydrogens (tertiary/aromatic N) is 1. The highest BCUT2D eigenvalue weighted by Gasteiger charge is 2.15. The Morgan fingerprint density at radius 2 is 2.22 bits per heavy atom. The predicted octanol–water partition coefficient (Wildman–Crippen LogP) is 1.45. The van der Waals surface area contributed by atoms with Gasteiger partial charge in [-0.1, -0.05) is 0 Å². The first kappa shape index (κ1) is 17.0. The molecule has 0 aliphatic carbocycles. The maximum Gasteiger partial charge on any atom is 0.341 e. The summed E-state index contributed by atoms with van der Waals surface area (Å²) in [6.45, 7) is 4.28. The van der Waals surface area contributed by atoms with Gasteiger partial charge in [0.05, 0.1) is 13.7 Å². The van der Waals surface area contributed by atoms with Gasteiger partial charge in [-0.15, -0.1) is 12.4 Å². The van der Waals surface area contributed by atoms with E-state index >= 15 is 0 Å². The van der Waals surface area contributed by atoms with E-state index in [1.807, 2.05) is 14.1 Å². The minimum Gasteiger partial charge on any atom is -0.465 e. The van der Waals surface area contributed by atoms with Crippen LogP contribution in [-0.2, 0) is 11.3 Å². The number of carbonyl (C=O) groups excluding carboxylic acids is 1. The summed E-state index contributed by atoms with van der Waals surface area (Å²) in [6, 6.07) is 1.75. The van der Waals surface area contributed by atoms with Gasteiger partial charge in [-0.25, -0.2) is 4.79 Å². The predicted molar refractivity (Wildman–Crippen MR) is 72.3 cm³/mol. The van der Waals surface area contributed by atoms with Crippen molar-refractivity contribution < 1.29 is 13.9 Å². The van der Waals surface area contributed by atoms with Crippen molar-refractivity contribution in [2.24, 2.45) is 0 Å². The van der Waals surface area contributed by atoms with Crippen LogP contribution in [0.15, 0.2) is 10.5 Å². The summed E-state index contributed by atoms with van der Waals surface area (Å²) < 4.78 is 10.2. The van der Waals surface area contributed by atoms with Crippen LogP contribution in [0.2, 0.25) is 0 Å². The molecule has 5 nitrogen and oxygen atoms in total. The molecule has 0 fully saturated rings. The van der Waals surface area contributed by atoms with E-state index in [1.54, 1.807) is 13.0 Å². The number of carbonyl (C=O) groups is 1. The van der Waals surface area contributed by atoms with Crippen molar-refractivity contribution in [3.63, 3.8) is 0 Å². The highest BCUT2D eigenvalue weighted by molar-refractivity contribution is 5.90. The molecule has 0 saturated carbocycles. The van der Waals surface area contributed by atoms with Crippen LogP contribution in [0.3, 0.4) is 0 Å².